The summed E-state index contributed by atoms with van der Waals surface area (Å²) in [4.78, 5) is 27.4. The van der Waals surface area contributed by atoms with Gasteiger partial charge in [-0.25, -0.2) is 71.5 Å². The third kappa shape index (κ3) is 41.3. The average Bonchev–Trinajstić information content (AvgIpc) is 3.17. The summed E-state index contributed by atoms with van der Waals surface area (Å²) in [5.74, 6) is -2.76. The summed E-state index contributed by atoms with van der Waals surface area (Å²) in [5, 5.41) is 2.04. The Morgan fingerprint density at radius 3 is 1.20 bits per heavy atom. The van der Waals surface area contributed by atoms with Crippen LogP contribution in [0.1, 0.15) is 5.56 Å². The summed E-state index contributed by atoms with van der Waals surface area (Å²) in [6.45, 7) is -9.03. The first-order chi connectivity index (χ1) is 33.0. The zero-order valence-electron chi connectivity index (χ0n) is 42.8. The molecule has 2 heterocycles. The van der Waals surface area contributed by atoms with Crippen LogP contribution in [-0.4, -0.2) is 221 Å². The third-order valence-corrected chi connectivity index (χ3v) is 11.9. The van der Waals surface area contributed by atoms with Crippen molar-refractivity contribution in [3.63, 3.8) is 0 Å². The van der Waals surface area contributed by atoms with Gasteiger partial charge >= 0.3 is 236 Å². The number of carbonyl (C=O) groups is 2. The number of benzene rings is 1. The molecule has 1 aromatic carbocycles. The number of rotatable bonds is 29. The van der Waals surface area contributed by atoms with Crippen molar-refractivity contribution in [1.29, 1.82) is 0 Å². The second kappa shape index (κ2) is 41.6. The zero-order chi connectivity index (χ0) is 55.8. The van der Waals surface area contributed by atoms with Crippen molar-refractivity contribution in [2.75, 3.05) is 39.5 Å². The van der Waals surface area contributed by atoms with E-state index < -0.39 is 202 Å². The largest absolute Gasteiger partial charge is 1.00 e. The van der Waals surface area contributed by atoms with E-state index in [1.54, 1.807) is 0 Å². The maximum absolute atomic E-state index is 13.7. The van der Waals surface area contributed by atoms with Crippen LogP contribution in [0.4, 0.5) is 0 Å². The minimum atomic E-state index is -6.25. The van der Waals surface area contributed by atoms with Gasteiger partial charge in [0.15, 0.2) is 12.4 Å². The summed E-state index contributed by atoms with van der Waals surface area (Å²) in [6.07, 6.45) is -29.3. The first-order valence-corrected chi connectivity index (χ1v) is 28.8. The fourth-order valence-electron chi connectivity index (χ4n) is 5.95. The van der Waals surface area contributed by atoms with Gasteiger partial charge in [-0.3, -0.25) is 38.9 Å². The zero-order valence-corrected chi connectivity index (χ0v) is 65.4. The molecular formula is C25H30N2Na8O38S8. The van der Waals surface area contributed by atoms with E-state index >= 15 is 0 Å². The molecule has 10 unspecified atom stereocenters. The van der Waals surface area contributed by atoms with Crippen LogP contribution in [0.15, 0.2) is 30.3 Å². The second-order valence-corrected chi connectivity index (χ2v) is 21.7. The van der Waals surface area contributed by atoms with E-state index in [2.05, 4.69) is 33.5 Å². The maximum Gasteiger partial charge on any atom is 1.00 e. The van der Waals surface area contributed by atoms with Crippen LogP contribution in [0.3, 0.4) is 0 Å². The second-order valence-electron chi connectivity index (χ2n) is 13.6. The van der Waals surface area contributed by atoms with E-state index in [0.717, 1.165) is 0 Å². The third-order valence-electron chi connectivity index (χ3n) is 8.30. The standard InChI is InChI=1S/C25H38N2O38S8.8Na/c28-16(26-6-7-54-24-23(64-72(48,49)50)21(63-71(45,46)47)19(61-69(39,40)41)14(58-24)10-56-66(30,31)32)9-27(8-13-4-2-1-3-5-13)17(29)12-55-22-20(62-70(42,43)44)18(60-68(36,37)38)15(11-57-67(33,34)35)59-25(22)65-73(51,52)53;;;;;;;;/h1-5,14-15,18-25H,6-12H2,(H,26,28)(H,30,31,32)(H,33,34,35)(H,36,37,38)(H,39,40,41)(H,42,43,44)(H,45,46,47)(H,48,49,50)(H,51,52,53);;;;;;;;/q;8*+1/p-8. The van der Waals surface area contributed by atoms with Crippen molar-refractivity contribution < 1.29 is 402 Å². The number of hydrogen-bond acceptors (Lipinski definition) is 38. The van der Waals surface area contributed by atoms with Gasteiger partial charge in [-0.05, 0) is 5.56 Å². The van der Waals surface area contributed by atoms with Crippen LogP contribution in [0.25, 0.3) is 0 Å². The van der Waals surface area contributed by atoms with Crippen molar-refractivity contribution in [2.24, 2.45) is 0 Å². The summed E-state index contributed by atoms with van der Waals surface area (Å²) < 4.78 is 328. The normalized spacial score (nSPS) is 23.4. The fraction of sp³-hybridized carbons (Fsp3) is 0.680. The van der Waals surface area contributed by atoms with Crippen LogP contribution in [-0.2, 0) is 152 Å². The minimum Gasteiger partial charge on any atom is -0.726 e. The Hall–Kier alpha value is 4.96. The van der Waals surface area contributed by atoms with Gasteiger partial charge in [0.2, 0.25) is 101 Å². The summed E-state index contributed by atoms with van der Waals surface area (Å²) in [7, 11) is -48.7. The molecule has 40 nitrogen and oxygen atoms in total. The Morgan fingerprint density at radius 2 is 0.815 bits per heavy atom. The SMILES string of the molecule is O=C(CN(Cc1ccccc1)C(=O)COC1C(OS(=O)(=O)[O-])OC(COS(=O)(=O)[O-])C(OS(=O)(=O)[O-])C1OS(=O)(=O)[O-])NCCOC1OC(COS(=O)(=O)[O-])C(OS(=O)(=O)[O-])C(OS(=O)(=O)[O-])C1OS(=O)(=O)[O-].[Na+].[Na+].[Na+].[Na+].[Na+].[Na+].[Na+].[Na+]. The predicted octanol–water partition coefficient (Wildman–Crippen LogP) is -33.3. The molecule has 1 aromatic rings. The molecule has 424 valence electrons. The van der Waals surface area contributed by atoms with Gasteiger partial charge < -0.3 is 65.6 Å². The van der Waals surface area contributed by atoms with Crippen LogP contribution in [0.2, 0.25) is 0 Å². The number of nitrogens with one attached hydrogen (secondary N) is 1. The molecule has 0 radical (unpaired) electrons. The van der Waals surface area contributed by atoms with Gasteiger partial charge in [0.25, 0.3) is 0 Å². The first-order valence-electron chi connectivity index (χ1n) is 18.1. The molecule has 0 spiro atoms. The van der Waals surface area contributed by atoms with Gasteiger partial charge in [0.05, 0.1) is 26.4 Å². The molecule has 56 heteroatoms. The molecule has 0 bridgehead atoms. The number of carbonyl (C=O) groups excluding carboxylic acids is 2. The van der Waals surface area contributed by atoms with Crippen LogP contribution in [0.5, 0.6) is 0 Å². The Labute approximate surface area is 639 Å². The quantitative estimate of drug-likeness (QED) is 0.0337. The van der Waals surface area contributed by atoms with Gasteiger partial charge in [-0.1, -0.05) is 30.3 Å². The maximum atomic E-state index is 13.7. The number of hydrogen-bond donors (Lipinski definition) is 1. The summed E-state index contributed by atoms with van der Waals surface area (Å²) in [5.41, 5.74) is 0.164. The van der Waals surface area contributed by atoms with Crippen molar-refractivity contribution in [1.82, 2.24) is 10.2 Å². The van der Waals surface area contributed by atoms with Crippen molar-refractivity contribution in [3.8, 4) is 0 Å². The van der Waals surface area contributed by atoms with Gasteiger partial charge in [-0.2, -0.15) is 0 Å². The molecule has 1 N–H and O–H groups in total. The molecule has 0 aromatic heterocycles. The Morgan fingerprint density at radius 1 is 0.457 bits per heavy atom. The summed E-state index contributed by atoms with van der Waals surface area (Å²) in [6, 6.07) is 6.89. The molecule has 81 heavy (non-hydrogen) atoms. The van der Waals surface area contributed by atoms with Crippen molar-refractivity contribution in [3.05, 3.63) is 35.9 Å². The van der Waals surface area contributed by atoms with Gasteiger partial charge in [0.1, 0.15) is 49.3 Å². The molecule has 10 atom stereocenters. The Kier molecular flexibility index (Phi) is 49.9. The Balaban J connectivity index is -0.00000176. The van der Waals surface area contributed by atoms with Gasteiger partial charge in [0, 0.05) is 13.1 Å². The molecule has 2 aliphatic heterocycles. The molecule has 2 fully saturated rings. The van der Waals surface area contributed by atoms with Crippen molar-refractivity contribution >= 4 is 95.0 Å². The average molecular weight is 1410 g/mol. The van der Waals surface area contributed by atoms with Gasteiger partial charge in [-0.15, -0.1) is 0 Å². The molecule has 2 amide bonds. The topological polar surface area (TPSA) is 618 Å². The molecule has 0 aliphatic carbocycles. The number of ether oxygens (including phenoxy) is 4. The summed E-state index contributed by atoms with van der Waals surface area (Å²) >= 11 is 0. The molecule has 2 saturated heterocycles. The molecule has 0 saturated carbocycles. The molecule has 2 aliphatic rings. The van der Waals surface area contributed by atoms with Crippen LogP contribution < -0.4 is 242 Å². The monoisotopic (exact) mass is 1410 g/mol. The number of amides is 2. The minimum absolute atomic E-state index is 0. The molecular weight excluding hydrogens is 1380 g/mol. The van der Waals surface area contributed by atoms with Crippen LogP contribution >= 0.6 is 0 Å². The van der Waals surface area contributed by atoms with E-state index in [4.69, 9.17) is 18.9 Å². The van der Waals surface area contributed by atoms with Crippen LogP contribution in [0, 0.1) is 0 Å². The van der Waals surface area contributed by atoms with E-state index in [0.29, 0.717) is 4.90 Å². The Bertz CT molecular complexity index is 3030. The first kappa shape index (κ1) is 97.0. The number of nitrogens with zero attached hydrogens (tertiary/aromatic N) is 1. The molecule has 3 rings (SSSR count). The predicted molar refractivity (Wildman–Crippen MR) is 203 cm³/mol. The smallest absolute Gasteiger partial charge is 0.726 e. The van der Waals surface area contributed by atoms with E-state index in [1.165, 1.54) is 30.3 Å². The fourth-order valence-corrected chi connectivity index (χ4v) is 9.41. The van der Waals surface area contributed by atoms with E-state index in [9.17, 15) is 113 Å². The van der Waals surface area contributed by atoms with Crippen molar-refractivity contribution in [2.45, 2.75) is 68.0 Å². The van der Waals surface area contributed by atoms with E-state index in [1.807, 2.05) is 5.32 Å². The van der Waals surface area contributed by atoms with E-state index in [-0.39, 0.29) is 242 Å².